The largest absolute Gasteiger partial charge is 0.422 e. The number of cyclic esters (lactones) is 1. The Morgan fingerprint density at radius 1 is 1.18 bits per heavy atom. The summed E-state index contributed by atoms with van der Waals surface area (Å²) in [4.78, 5) is 11.7. The van der Waals surface area contributed by atoms with E-state index in [1.165, 1.54) is 0 Å². The van der Waals surface area contributed by atoms with Gasteiger partial charge in [0.1, 0.15) is 5.76 Å². The Kier molecular flexibility index (Phi) is 2.37. The fourth-order valence-electron chi connectivity index (χ4n) is 2.02. The van der Waals surface area contributed by atoms with Gasteiger partial charge in [0.25, 0.3) is 0 Å². The van der Waals surface area contributed by atoms with Crippen LogP contribution in [-0.4, -0.2) is 5.97 Å². The van der Waals surface area contributed by atoms with Crippen LogP contribution in [0, 0.1) is 0 Å². The van der Waals surface area contributed by atoms with Gasteiger partial charge in [0.2, 0.25) is 0 Å². The SMILES string of the molecule is O=C1OC(=C2C=CC=C(Cl)C2)c2ccccc21. The first-order valence-electron chi connectivity index (χ1n) is 5.33. The van der Waals surface area contributed by atoms with Crippen molar-refractivity contribution in [2.24, 2.45) is 0 Å². The number of carbonyl (C=O) groups excluding carboxylic acids is 1. The number of ether oxygens (including phenoxy) is 1. The zero-order valence-electron chi connectivity index (χ0n) is 8.94. The molecular formula is C14H9ClO2. The van der Waals surface area contributed by atoms with E-state index in [1.54, 1.807) is 6.07 Å². The maximum atomic E-state index is 11.7. The zero-order chi connectivity index (χ0) is 11.8. The molecule has 0 bridgehead atoms. The summed E-state index contributed by atoms with van der Waals surface area (Å²) in [5.41, 5.74) is 2.41. The van der Waals surface area contributed by atoms with Crippen LogP contribution in [0.2, 0.25) is 0 Å². The molecule has 3 heteroatoms. The molecular weight excluding hydrogens is 236 g/mol. The second-order valence-corrected chi connectivity index (χ2v) is 4.42. The smallest absolute Gasteiger partial charge is 0.344 e. The van der Waals surface area contributed by atoms with E-state index < -0.39 is 0 Å². The maximum Gasteiger partial charge on any atom is 0.344 e. The minimum atomic E-state index is -0.290. The third-order valence-corrected chi connectivity index (χ3v) is 3.07. The fourth-order valence-corrected chi connectivity index (χ4v) is 2.24. The Bertz CT molecular complexity index is 594. The minimum absolute atomic E-state index is 0.290. The number of halogens is 1. The van der Waals surface area contributed by atoms with Gasteiger partial charge in [0.05, 0.1) is 5.56 Å². The van der Waals surface area contributed by atoms with Crippen LogP contribution in [0.3, 0.4) is 0 Å². The number of allylic oxidation sites excluding steroid dienone is 5. The van der Waals surface area contributed by atoms with Crippen LogP contribution in [-0.2, 0) is 4.74 Å². The Labute approximate surface area is 104 Å². The molecule has 0 amide bonds. The van der Waals surface area contributed by atoms with Crippen molar-refractivity contribution in [2.75, 3.05) is 0 Å². The lowest BCUT2D eigenvalue weighted by Gasteiger charge is -2.09. The lowest BCUT2D eigenvalue weighted by molar-refractivity contribution is 0.0714. The average molecular weight is 245 g/mol. The fraction of sp³-hybridized carbons (Fsp3) is 0.0714. The highest BCUT2D eigenvalue weighted by Crippen LogP contribution is 2.35. The van der Waals surface area contributed by atoms with Crippen molar-refractivity contribution in [2.45, 2.75) is 6.42 Å². The van der Waals surface area contributed by atoms with E-state index in [-0.39, 0.29) is 5.97 Å². The zero-order valence-corrected chi connectivity index (χ0v) is 9.70. The number of hydrogen-bond donors (Lipinski definition) is 0. The van der Waals surface area contributed by atoms with Crippen LogP contribution in [0.1, 0.15) is 22.3 Å². The Balaban J connectivity index is 2.14. The van der Waals surface area contributed by atoms with Crippen molar-refractivity contribution >= 4 is 23.3 Å². The predicted octanol–water partition coefficient (Wildman–Crippen LogP) is 3.65. The lowest BCUT2D eigenvalue weighted by atomic mass is 10.0. The molecule has 3 rings (SSSR count). The highest BCUT2D eigenvalue weighted by atomic mass is 35.5. The van der Waals surface area contributed by atoms with E-state index in [2.05, 4.69) is 0 Å². The van der Waals surface area contributed by atoms with Gasteiger partial charge in [-0.3, -0.25) is 0 Å². The molecule has 2 nitrogen and oxygen atoms in total. The van der Waals surface area contributed by atoms with E-state index in [9.17, 15) is 4.79 Å². The minimum Gasteiger partial charge on any atom is -0.422 e. The van der Waals surface area contributed by atoms with Crippen molar-refractivity contribution in [1.82, 2.24) is 0 Å². The van der Waals surface area contributed by atoms with E-state index in [0.29, 0.717) is 17.7 Å². The van der Waals surface area contributed by atoms with Gasteiger partial charge in [-0.1, -0.05) is 42.0 Å². The molecule has 0 radical (unpaired) electrons. The van der Waals surface area contributed by atoms with Crippen LogP contribution >= 0.6 is 11.6 Å². The highest BCUT2D eigenvalue weighted by molar-refractivity contribution is 6.30. The van der Waals surface area contributed by atoms with E-state index in [1.807, 2.05) is 36.4 Å². The molecule has 0 spiro atoms. The van der Waals surface area contributed by atoms with E-state index >= 15 is 0 Å². The summed E-state index contributed by atoms with van der Waals surface area (Å²) in [6, 6.07) is 7.39. The van der Waals surface area contributed by atoms with E-state index in [4.69, 9.17) is 16.3 Å². The number of benzene rings is 1. The summed E-state index contributed by atoms with van der Waals surface area (Å²) in [6.07, 6.45) is 6.24. The summed E-state index contributed by atoms with van der Waals surface area (Å²) in [6.45, 7) is 0. The Hall–Kier alpha value is -1.80. The van der Waals surface area contributed by atoms with Gasteiger partial charge in [-0.05, 0) is 12.1 Å². The summed E-state index contributed by atoms with van der Waals surface area (Å²) in [5.74, 6) is 0.343. The molecule has 1 aromatic rings. The lowest BCUT2D eigenvalue weighted by Crippen LogP contribution is -1.94. The Morgan fingerprint density at radius 3 is 2.71 bits per heavy atom. The first-order chi connectivity index (χ1) is 8.25. The molecule has 0 atom stereocenters. The van der Waals surface area contributed by atoms with Crippen LogP contribution < -0.4 is 0 Å². The molecule has 0 fully saturated rings. The molecule has 0 saturated heterocycles. The standard InChI is InChI=1S/C14H9ClO2/c15-10-5-3-4-9(8-10)13-11-6-1-2-7-12(11)14(16)17-13/h1-7H,8H2. The first-order valence-corrected chi connectivity index (χ1v) is 5.71. The van der Waals surface area contributed by atoms with Gasteiger partial charge in [0, 0.05) is 22.6 Å². The van der Waals surface area contributed by atoms with Crippen LogP contribution in [0.25, 0.3) is 5.76 Å². The molecule has 2 aliphatic rings. The maximum absolute atomic E-state index is 11.7. The molecule has 1 aromatic carbocycles. The number of esters is 1. The normalized spacial score (nSPS) is 22.2. The van der Waals surface area contributed by atoms with Crippen LogP contribution in [0.15, 0.2) is 53.1 Å². The third-order valence-electron chi connectivity index (χ3n) is 2.81. The average Bonchev–Trinajstić information content (AvgIpc) is 2.68. The molecule has 1 aliphatic carbocycles. The van der Waals surface area contributed by atoms with Gasteiger partial charge in [-0.2, -0.15) is 0 Å². The molecule has 17 heavy (non-hydrogen) atoms. The van der Waals surface area contributed by atoms with Crippen molar-refractivity contribution in [3.8, 4) is 0 Å². The summed E-state index contributed by atoms with van der Waals surface area (Å²) in [7, 11) is 0. The molecule has 0 saturated carbocycles. The van der Waals surface area contributed by atoms with Crippen molar-refractivity contribution in [1.29, 1.82) is 0 Å². The van der Waals surface area contributed by atoms with Gasteiger partial charge in [0.15, 0.2) is 0 Å². The van der Waals surface area contributed by atoms with Crippen LogP contribution in [0.5, 0.6) is 0 Å². The number of carbonyl (C=O) groups is 1. The predicted molar refractivity (Wildman–Crippen MR) is 66.5 cm³/mol. The summed E-state index contributed by atoms with van der Waals surface area (Å²) in [5, 5.41) is 0.746. The highest BCUT2D eigenvalue weighted by Gasteiger charge is 2.28. The second kappa shape index (κ2) is 3.90. The van der Waals surface area contributed by atoms with Gasteiger partial charge in [-0.15, -0.1) is 0 Å². The molecule has 0 unspecified atom stereocenters. The molecule has 0 aromatic heterocycles. The van der Waals surface area contributed by atoms with Crippen molar-refractivity contribution in [3.63, 3.8) is 0 Å². The third kappa shape index (κ3) is 1.71. The van der Waals surface area contributed by atoms with Gasteiger partial charge in [-0.25, -0.2) is 4.79 Å². The monoisotopic (exact) mass is 244 g/mol. The second-order valence-electron chi connectivity index (χ2n) is 3.94. The Morgan fingerprint density at radius 2 is 1.94 bits per heavy atom. The van der Waals surface area contributed by atoms with Crippen LogP contribution in [0.4, 0.5) is 0 Å². The molecule has 0 N–H and O–H groups in total. The molecule has 1 heterocycles. The molecule has 84 valence electrons. The summed E-state index contributed by atoms with van der Waals surface area (Å²) < 4.78 is 5.32. The molecule has 1 aliphatic heterocycles. The number of fused-ring (bicyclic) bond motifs is 1. The number of rotatable bonds is 0. The summed E-state index contributed by atoms with van der Waals surface area (Å²) >= 11 is 5.99. The quantitative estimate of drug-likeness (QED) is 0.651. The first kappa shape index (κ1) is 10.4. The van der Waals surface area contributed by atoms with Crippen molar-refractivity contribution < 1.29 is 9.53 Å². The topological polar surface area (TPSA) is 26.3 Å². The number of hydrogen-bond acceptors (Lipinski definition) is 2. The van der Waals surface area contributed by atoms with Crippen molar-refractivity contribution in [3.05, 3.63) is 64.2 Å². The van der Waals surface area contributed by atoms with Gasteiger partial charge < -0.3 is 4.74 Å². The van der Waals surface area contributed by atoms with Gasteiger partial charge >= 0.3 is 5.97 Å². The van der Waals surface area contributed by atoms with E-state index in [0.717, 1.165) is 16.2 Å².